The molecule has 1 aromatic carbocycles. The van der Waals surface area contributed by atoms with Crippen LogP contribution in [0.2, 0.25) is 5.02 Å². The van der Waals surface area contributed by atoms with Crippen LogP contribution in [0, 0.1) is 6.92 Å². The predicted molar refractivity (Wildman–Crippen MR) is 126 cm³/mol. The Kier molecular flexibility index (Phi) is 5.52. The van der Waals surface area contributed by atoms with Gasteiger partial charge < -0.3 is 9.64 Å². The highest BCUT2D eigenvalue weighted by molar-refractivity contribution is 6.30. The van der Waals surface area contributed by atoms with Gasteiger partial charge in [-0.3, -0.25) is 9.47 Å². The van der Waals surface area contributed by atoms with Crippen LogP contribution in [0.5, 0.6) is 0 Å². The average Bonchev–Trinajstić information content (AvgIpc) is 3.47. The highest BCUT2D eigenvalue weighted by Crippen LogP contribution is 2.35. The van der Waals surface area contributed by atoms with E-state index in [2.05, 4.69) is 41.6 Å². The molecule has 5 heterocycles. The normalized spacial score (nSPS) is 21.6. The number of fused-ring (bicyclic) bond motifs is 3. The summed E-state index contributed by atoms with van der Waals surface area (Å²) in [6, 6.07) is 8.60. The minimum absolute atomic E-state index is 0.357. The average molecular weight is 466 g/mol. The zero-order chi connectivity index (χ0) is 22.4. The maximum atomic E-state index is 6.41. The molecule has 0 saturated carbocycles. The number of benzene rings is 1. The molecule has 0 bridgehead atoms. The lowest BCUT2D eigenvalue weighted by Crippen LogP contribution is -2.34. The molecule has 8 nitrogen and oxygen atoms in total. The van der Waals surface area contributed by atoms with Gasteiger partial charge in [-0.25, -0.2) is 9.97 Å². The molecule has 33 heavy (non-hydrogen) atoms. The lowest BCUT2D eigenvalue weighted by atomic mass is 9.95. The summed E-state index contributed by atoms with van der Waals surface area (Å²) in [7, 11) is 0. The number of halogens is 1. The first kappa shape index (κ1) is 21.0. The van der Waals surface area contributed by atoms with Gasteiger partial charge in [-0.05, 0) is 56.0 Å². The van der Waals surface area contributed by atoms with Crippen LogP contribution in [-0.2, 0) is 17.8 Å². The molecule has 2 aromatic heterocycles. The number of nitrogens with zero attached hydrogens (tertiary/aromatic N) is 7. The molecule has 3 aromatic rings. The highest BCUT2D eigenvalue weighted by atomic mass is 35.5. The first-order valence-corrected chi connectivity index (χ1v) is 12.1. The lowest BCUT2D eigenvalue weighted by molar-refractivity contribution is 0.133. The highest BCUT2D eigenvalue weighted by Gasteiger charge is 2.33. The molecule has 1 atom stereocenters. The van der Waals surface area contributed by atoms with Crippen LogP contribution < -0.4 is 4.90 Å². The van der Waals surface area contributed by atoms with Gasteiger partial charge in [-0.1, -0.05) is 11.6 Å². The number of aryl methyl sites for hydroxylation is 1. The molecule has 0 spiro atoms. The topological polar surface area (TPSA) is 72.2 Å². The van der Waals surface area contributed by atoms with E-state index in [0.717, 1.165) is 92.7 Å². The van der Waals surface area contributed by atoms with Gasteiger partial charge in [0.25, 0.3) is 0 Å². The number of anilines is 1. The summed E-state index contributed by atoms with van der Waals surface area (Å²) in [5, 5.41) is 10.2. The molecule has 2 saturated heterocycles. The summed E-state index contributed by atoms with van der Waals surface area (Å²) in [4.78, 5) is 13.7. The molecule has 9 heteroatoms. The number of aromatic nitrogens is 5. The Bertz CT molecular complexity index is 1150. The molecule has 0 radical (unpaired) electrons. The first-order valence-electron chi connectivity index (χ1n) is 11.7. The van der Waals surface area contributed by atoms with E-state index >= 15 is 0 Å². The molecule has 0 aliphatic carbocycles. The van der Waals surface area contributed by atoms with E-state index in [1.54, 1.807) is 0 Å². The van der Waals surface area contributed by atoms with Crippen molar-refractivity contribution >= 4 is 17.4 Å². The van der Waals surface area contributed by atoms with Crippen molar-refractivity contribution in [2.75, 3.05) is 31.2 Å². The quantitative estimate of drug-likeness (QED) is 0.586. The minimum Gasteiger partial charge on any atom is -0.380 e. The lowest BCUT2D eigenvalue weighted by Gasteiger charge is -2.32. The van der Waals surface area contributed by atoms with Crippen molar-refractivity contribution in [1.82, 2.24) is 29.6 Å². The van der Waals surface area contributed by atoms with Gasteiger partial charge in [-0.15, -0.1) is 10.2 Å². The SMILES string of the molecule is Cc1nccc(N2CCC(c3nnc4n3-c3ccc(Cl)cc3CN([C@H]3CCOC3)C4)CC2)n1. The van der Waals surface area contributed by atoms with Crippen molar-refractivity contribution in [3.8, 4) is 5.69 Å². The van der Waals surface area contributed by atoms with Gasteiger partial charge in [0.05, 0.1) is 18.8 Å². The Hall–Kier alpha value is -2.55. The monoisotopic (exact) mass is 465 g/mol. The third-order valence-corrected chi connectivity index (χ3v) is 7.36. The van der Waals surface area contributed by atoms with Crippen molar-refractivity contribution in [3.05, 3.63) is 58.5 Å². The number of rotatable bonds is 3. The Morgan fingerprint density at radius 3 is 2.73 bits per heavy atom. The van der Waals surface area contributed by atoms with Gasteiger partial charge >= 0.3 is 0 Å². The van der Waals surface area contributed by atoms with E-state index in [4.69, 9.17) is 21.4 Å². The number of ether oxygens (including phenoxy) is 1. The number of hydrogen-bond acceptors (Lipinski definition) is 7. The van der Waals surface area contributed by atoms with E-state index < -0.39 is 0 Å². The molecule has 3 aliphatic heterocycles. The summed E-state index contributed by atoms with van der Waals surface area (Å²) < 4.78 is 7.98. The molecule has 2 fully saturated rings. The molecule has 0 amide bonds. The van der Waals surface area contributed by atoms with Crippen molar-refractivity contribution < 1.29 is 4.74 Å². The third-order valence-electron chi connectivity index (χ3n) is 7.12. The van der Waals surface area contributed by atoms with E-state index in [-0.39, 0.29) is 0 Å². The second kappa shape index (κ2) is 8.66. The van der Waals surface area contributed by atoms with Crippen LogP contribution in [0.1, 0.15) is 48.2 Å². The number of piperidine rings is 1. The van der Waals surface area contributed by atoms with Gasteiger partial charge in [0.1, 0.15) is 17.5 Å². The zero-order valence-electron chi connectivity index (χ0n) is 18.8. The van der Waals surface area contributed by atoms with Crippen LogP contribution in [-0.4, -0.2) is 62.0 Å². The Balaban J connectivity index is 1.30. The van der Waals surface area contributed by atoms with E-state index in [1.165, 1.54) is 5.56 Å². The second-order valence-corrected chi connectivity index (χ2v) is 9.67. The number of hydrogen-bond donors (Lipinski definition) is 0. The summed E-state index contributed by atoms with van der Waals surface area (Å²) in [6.07, 6.45) is 4.93. The third kappa shape index (κ3) is 4.00. The van der Waals surface area contributed by atoms with Crippen molar-refractivity contribution in [3.63, 3.8) is 0 Å². The predicted octanol–water partition coefficient (Wildman–Crippen LogP) is 3.51. The Morgan fingerprint density at radius 2 is 1.94 bits per heavy atom. The molecular formula is C24H28ClN7O. The molecule has 6 rings (SSSR count). The van der Waals surface area contributed by atoms with Crippen LogP contribution >= 0.6 is 11.6 Å². The largest absolute Gasteiger partial charge is 0.380 e. The van der Waals surface area contributed by atoms with Gasteiger partial charge in [0.15, 0.2) is 5.82 Å². The zero-order valence-corrected chi connectivity index (χ0v) is 19.6. The fourth-order valence-corrected chi connectivity index (χ4v) is 5.56. The van der Waals surface area contributed by atoms with Gasteiger partial charge in [-0.2, -0.15) is 0 Å². The molecule has 3 aliphatic rings. The maximum absolute atomic E-state index is 6.41. The fourth-order valence-electron chi connectivity index (χ4n) is 5.37. The smallest absolute Gasteiger partial charge is 0.151 e. The van der Waals surface area contributed by atoms with Gasteiger partial charge in [0.2, 0.25) is 0 Å². The standard InChI is InChI=1S/C24H28ClN7O/c1-16-26-8-4-22(27-16)30-9-5-17(6-10-30)24-29-28-23-14-31(20-7-11-33-15-20)13-18-12-19(25)2-3-21(18)32(23)24/h2-4,8,12,17,20H,5-7,9-11,13-15H2,1H3/t20-/m0/s1. The maximum Gasteiger partial charge on any atom is 0.151 e. The first-order chi connectivity index (χ1) is 16.2. The summed E-state index contributed by atoms with van der Waals surface area (Å²) >= 11 is 6.41. The molecule has 172 valence electrons. The van der Waals surface area contributed by atoms with Crippen LogP contribution in [0.3, 0.4) is 0 Å². The van der Waals surface area contributed by atoms with E-state index in [1.807, 2.05) is 25.3 Å². The van der Waals surface area contributed by atoms with Gasteiger partial charge in [0, 0.05) is 49.4 Å². The Labute approximate surface area is 198 Å². The van der Waals surface area contributed by atoms with Crippen LogP contribution in [0.15, 0.2) is 30.5 Å². The van der Waals surface area contributed by atoms with Crippen molar-refractivity contribution in [1.29, 1.82) is 0 Å². The molecule has 0 unspecified atom stereocenters. The summed E-state index contributed by atoms with van der Waals surface area (Å²) in [6.45, 7) is 7.05. The van der Waals surface area contributed by atoms with Crippen molar-refractivity contribution in [2.45, 2.75) is 51.2 Å². The van der Waals surface area contributed by atoms with Crippen LogP contribution in [0.25, 0.3) is 5.69 Å². The fraction of sp³-hybridized carbons (Fsp3) is 0.500. The van der Waals surface area contributed by atoms with E-state index in [0.29, 0.717) is 12.0 Å². The summed E-state index contributed by atoms with van der Waals surface area (Å²) in [5.41, 5.74) is 2.38. The van der Waals surface area contributed by atoms with Crippen LogP contribution in [0.4, 0.5) is 5.82 Å². The summed E-state index contributed by atoms with van der Waals surface area (Å²) in [5.74, 6) is 4.25. The Morgan fingerprint density at radius 1 is 1.06 bits per heavy atom. The van der Waals surface area contributed by atoms with Crippen molar-refractivity contribution in [2.24, 2.45) is 0 Å². The molecular weight excluding hydrogens is 438 g/mol. The minimum atomic E-state index is 0.357. The molecule has 0 N–H and O–H groups in total. The van der Waals surface area contributed by atoms with E-state index in [9.17, 15) is 0 Å². The second-order valence-electron chi connectivity index (χ2n) is 9.23.